The summed E-state index contributed by atoms with van der Waals surface area (Å²) in [5, 5.41) is 4.54. The van der Waals surface area contributed by atoms with Crippen LogP contribution in [0.1, 0.15) is 11.1 Å². The van der Waals surface area contributed by atoms with Crippen LogP contribution in [0.3, 0.4) is 0 Å². The number of sulfonamides is 1. The fraction of sp³-hybridized carbons (Fsp3) is 0.161. The molecule has 0 fully saturated rings. The molecule has 0 radical (unpaired) electrons. The maximum atomic E-state index is 13.7. The van der Waals surface area contributed by atoms with Crippen molar-refractivity contribution in [2.24, 2.45) is 5.10 Å². The molecule has 0 aliphatic carbocycles. The van der Waals surface area contributed by atoms with Gasteiger partial charge < -0.3 is 18.9 Å². The molecule has 0 atom stereocenters. The number of ether oxygens (including phenoxy) is 4. The van der Waals surface area contributed by atoms with Gasteiger partial charge in [-0.05, 0) is 66.2 Å². The van der Waals surface area contributed by atoms with Crippen molar-refractivity contribution >= 4 is 39.4 Å². The van der Waals surface area contributed by atoms with E-state index >= 15 is 0 Å². The summed E-state index contributed by atoms with van der Waals surface area (Å²) in [7, 11) is -0.0373. The first-order valence-electron chi connectivity index (χ1n) is 13.0. The molecule has 4 aromatic rings. The van der Waals surface area contributed by atoms with Crippen molar-refractivity contribution in [2.75, 3.05) is 32.2 Å². The number of hydrogen-bond acceptors (Lipinski definition) is 8. The van der Waals surface area contributed by atoms with E-state index in [9.17, 15) is 17.6 Å². The Labute approximate surface area is 259 Å². The number of carbonyl (C=O) groups is 1. The first-order chi connectivity index (χ1) is 21.2. The number of anilines is 1. The second-order valence-electron chi connectivity index (χ2n) is 9.09. The number of methoxy groups -OCH3 is 3. The van der Waals surface area contributed by atoms with Gasteiger partial charge in [0, 0.05) is 16.7 Å². The average molecular weight is 642 g/mol. The van der Waals surface area contributed by atoms with Crippen molar-refractivity contribution in [3.63, 3.8) is 0 Å². The lowest BCUT2D eigenvalue weighted by Gasteiger charge is -2.24. The van der Waals surface area contributed by atoms with Gasteiger partial charge in [-0.15, -0.1) is 0 Å². The molecule has 0 heterocycles. The van der Waals surface area contributed by atoms with Crippen LogP contribution in [0.5, 0.6) is 23.0 Å². The highest BCUT2D eigenvalue weighted by Gasteiger charge is 2.28. The zero-order valence-electron chi connectivity index (χ0n) is 24.0. The number of nitrogens with one attached hydrogen (secondary N) is 1. The summed E-state index contributed by atoms with van der Waals surface area (Å²) in [6.07, 6.45) is 1.36. The van der Waals surface area contributed by atoms with Crippen molar-refractivity contribution < 1.29 is 36.6 Å². The Bertz CT molecular complexity index is 1750. The third kappa shape index (κ3) is 7.77. The molecule has 0 unspecified atom stereocenters. The minimum absolute atomic E-state index is 0.0671. The Morgan fingerprint density at radius 3 is 2.23 bits per heavy atom. The molecule has 0 saturated carbocycles. The predicted octanol–water partition coefficient (Wildman–Crippen LogP) is 5.43. The minimum atomic E-state index is -4.32. The highest BCUT2D eigenvalue weighted by Crippen LogP contribution is 2.32. The van der Waals surface area contributed by atoms with Crippen LogP contribution in [0, 0.1) is 5.82 Å². The van der Waals surface area contributed by atoms with Crippen LogP contribution in [-0.4, -0.2) is 48.4 Å². The molecule has 44 heavy (non-hydrogen) atoms. The Kier molecular flexibility index (Phi) is 10.6. The topological polar surface area (TPSA) is 116 Å². The number of benzene rings is 4. The molecule has 4 rings (SSSR count). The van der Waals surface area contributed by atoms with Crippen LogP contribution in [0.25, 0.3) is 0 Å². The number of carbonyl (C=O) groups excluding carboxylic acids is 1. The van der Waals surface area contributed by atoms with E-state index in [1.807, 2.05) is 18.2 Å². The van der Waals surface area contributed by atoms with E-state index in [4.69, 9.17) is 30.5 Å². The van der Waals surface area contributed by atoms with E-state index in [0.29, 0.717) is 27.8 Å². The van der Waals surface area contributed by atoms with E-state index in [-0.39, 0.29) is 22.9 Å². The lowest BCUT2D eigenvalue weighted by atomic mass is 10.2. The highest BCUT2D eigenvalue weighted by atomic mass is 35.5. The van der Waals surface area contributed by atoms with Crippen LogP contribution in [0.4, 0.5) is 10.1 Å². The van der Waals surface area contributed by atoms with Gasteiger partial charge in [0.25, 0.3) is 15.9 Å². The molecule has 0 aliphatic rings. The van der Waals surface area contributed by atoms with E-state index in [1.54, 1.807) is 24.3 Å². The zero-order valence-corrected chi connectivity index (χ0v) is 25.6. The quantitative estimate of drug-likeness (QED) is 0.153. The molecule has 230 valence electrons. The van der Waals surface area contributed by atoms with Crippen LogP contribution >= 0.6 is 11.6 Å². The largest absolute Gasteiger partial charge is 0.493 e. The summed E-state index contributed by atoms with van der Waals surface area (Å²) in [5.41, 5.74) is 3.78. The Balaban J connectivity index is 1.49. The van der Waals surface area contributed by atoms with Gasteiger partial charge in [0.1, 0.15) is 19.0 Å². The monoisotopic (exact) mass is 641 g/mol. The molecule has 0 aliphatic heterocycles. The smallest absolute Gasteiger partial charge is 0.264 e. The van der Waals surface area contributed by atoms with Gasteiger partial charge in [-0.2, -0.15) is 5.10 Å². The Morgan fingerprint density at radius 2 is 1.55 bits per heavy atom. The number of nitrogens with zero attached hydrogens (tertiary/aromatic N) is 2. The van der Waals surface area contributed by atoms with Gasteiger partial charge in [0.05, 0.1) is 38.1 Å². The lowest BCUT2D eigenvalue weighted by molar-refractivity contribution is -0.119. The van der Waals surface area contributed by atoms with E-state index in [2.05, 4.69) is 10.5 Å². The Hall–Kier alpha value is -4.81. The standard InChI is InChI=1S/C31H29ClFN3O7S/c1-40-27-15-13-25(17-30(27)42-3)44(38,39)36(24-11-9-23(33)10-12-24)19-31(37)35-34-18-21-8-14-28(29(16-21)41-2)43-20-22-6-4-5-7-26(22)32/h4-18H,19-20H2,1-3H3,(H,35,37)/b34-18-. The SMILES string of the molecule is COc1ccc(S(=O)(=O)N(CC(=O)N/N=C\c2ccc(OCc3ccccc3Cl)c(OC)c2)c2ccc(F)cc2)cc1OC. The van der Waals surface area contributed by atoms with Crippen molar-refractivity contribution in [1.82, 2.24) is 5.43 Å². The summed E-state index contributed by atoms with van der Waals surface area (Å²) in [6.45, 7) is -0.423. The molecular formula is C31H29ClFN3O7S. The van der Waals surface area contributed by atoms with Gasteiger partial charge >= 0.3 is 0 Å². The average Bonchev–Trinajstić information content (AvgIpc) is 3.03. The van der Waals surface area contributed by atoms with Crippen molar-refractivity contribution in [3.05, 3.63) is 107 Å². The van der Waals surface area contributed by atoms with Crippen LogP contribution < -0.4 is 28.7 Å². The molecule has 0 bridgehead atoms. The third-order valence-electron chi connectivity index (χ3n) is 6.28. The molecule has 10 nitrogen and oxygen atoms in total. The first-order valence-corrected chi connectivity index (χ1v) is 14.8. The van der Waals surface area contributed by atoms with Crippen molar-refractivity contribution in [1.29, 1.82) is 0 Å². The van der Waals surface area contributed by atoms with Crippen LogP contribution in [-0.2, 0) is 21.4 Å². The number of hydrogen-bond donors (Lipinski definition) is 1. The molecule has 4 aromatic carbocycles. The summed E-state index contributed by atoms with van der Waals surface area (Å²) in [6, 6.07) is 21.1. The van der Waals surface area contributed by atoms with Crippen molar-refractivity contribution in [3.8, 4) is 23.0 Å². The highest BCUT2D eigenvalue weighted by molar-refractivity contribution is 7.92. The maximum absolute atomic E-state index is 13.7. The number of rotatable bonds is 13. The second kappa shape index (κ2) is 14.6. The summed E-state index contributed by atoms with van der Waals surface area (Å²) in [4.78, 5) is 12.7. The number of halogens is 2. The summed E-state index contributed by atoms with van der Waals surface area (Å²) in [5.74, 6) is 0.0871. The van der Waals surface area contributed by atoms with Crippen molar-refractivity contribution in [2.45, 2.75) is 11.5 Å². The number of hydrazone groups is 1. The molecule has 1 amide bonds. The van der Waals surface area contributed by atoms with Gasteiger partial charge in [-0.3, -0.25) is 9.10 Å². The lowest BCUT2D eigenvalue weighted by Crippen LogP contribution is -2.39. The van der Waals surface area contributed by atoms with Gasteiger partial charge in [0.15, 0.2) is 23.0 Å². The predicted molar refractivity (Wildman–Crippen MR) is 165 cm³/mol. The Morgan fingerprint density at radius 1 is 0.886 bits per heavy atom. The zero-order chi connectivity index (χ0) is 31.7. The fourth-order valence-corrected chi connectivity index (χ4v) is 5.65. The van der Waals surface area contributed by atoms with Crippen LogP contribution in [0.2, 0.25) is 5.02 Å². The van der Waals surface area contributed by atoms with E-state index < -0.39 is 28.3 Å². The minimum Gasteiger partial charge on any atom is -0.493 e. The van der Waals surface area contributed by atoms with Gasteiger partial charge in [0.2, 0.25) is 0 Å². The molecule has 1 N–H and O–H groups in total. The molecule has 0 aromatic heterocycles. The molecule has 13 heteroatoms. The third-order valence-corrected chi connectivity index (χ3v) is 8.41. The summed E-state index contributed by atoms with van der Waals surface area (Å²) < 4.78 is 63.5. The first kappa shape index (κ1) is 32.1. The van der Waals surface area contributed by atoms with Gasteiger partial charge in [-0.1, -0.05) is 29.8 Å². The fourth-order valence-electron chi connectivity index (χ4n) is 4.03. The van der Waals surface area contributed by atoms with Gasteiger partial charge in [-0.25, -0.2) is 18.2 Å². The van der Waals surface area contributed by atoms with Crippen LogP contribution in [0.15, 0.2) is 94.9 Å². The summed E-state index contributed by atoms with van der Waals surface area (Å²) >= 11 is 6.20. The number of amides is 1. The normalized spacial score (nSPS) is 11.2. The maximum Gasteiger partial charge on any atom is 0.264 e. The molecule has 0 saturated heterocycles. The molecule has 0 spiro atoms. The second-order valence-corrected chi connectivity index (χ2v) is 11.4. The van der Waals surface area contributed by atoms with E-state index in [0.717, 1.165) is 22.0 Å². The van der Waals surface area contributed by atoms with E-state index in [1.165, 1.54) is 57.9 Å². The molecular weight excluding hydrogens is 613 g/mol.